The van der Waals surface area contributed by atoms with Crippen LogP contribution < -0.4 is 4.57 Å². The molecule has 0 aliphatic rings. The fraction of sp³-hybridized carbons (Fsp3) is 0.400. The van der Waals surface area contributed by atoms with E-state index >= 15 is 0 Å². The van der Waals surface area contributed by atoms with Gasteiger partial charge in [-0.05, 0) is 36.1 Å². The molecule has 0 unspecified atom stereocenters. The first kappa shape index (κ1) is 14.6. The number of hydrogen-bond donors (Lipinski definition) is 1. The molecule has 102 valence electrons. The first-order chi connectivity index (χ1) is 9.19. The van der Waals surface area contributed by atoms with Gasteiger partial charge < -0.3 is 5.11 Å². The fourth-order valence-corrected chi connectivity index (χ4v) is 3.82. The van der Waals surface area contributed by atoms with Gasteiger partial charge in [-0.25, -0.2) is 0 Å². The van der Waals surface area contributed by atoms with E-state index < -0.39 is 0 Å². The highest BCUT2D eigenvalue weighted by Crippen LogP contribution is 2.26. The third-order valence-corrected chi connectivity index (χ3v) is 5.15. The maximum Gasteiger partial charge on any atom is 0.263 e. The number of rotatable bonds is 5. The topological polar surface area (TPSA) is 24.1 Å². The normalized spacial score (nSPS) is 12.3. The number of benzene rings is 1. The lowest BCUT2D eigenvalue weighted by molar-refractivity contribution is -0.670. The second-order valence-corrected chi connectivity index (χ2v) is 6.45. The van der Waals surface area contributed by atoms with Crippen molar-refractivity contribution in [1.29, 1.82) is 0 Å². The van der Waals surface area contributed by atoms with Crippen molar-refractivity contribution >= 4 is 39.4 Å². The quantitative estimate of drug-likeness (QED) is 0.852. The molecule has 0 fully saturated rings. The molecule has 2 rings (SSSR count). The lowest BCUT2D eigenvalue weighted by Crippen LogP contribution is -2.36. The molecule has 19 heavy (non-hydrogen) atoms. The van der Waals surface area contributed by atoms with Gasteiger partial charge in [0.2, 0.25) is 5.52 Å². The summed E-state index contributed by atoms with van der Waals surface area (Å²) < 4.78 is 3.50. The molecule has 4 heteroatoms. The van der Waals surface area contributed by atoms with Gasteiger partial charge in [0.1, 0.15) is 11.3 Å². The third kappa shape index (κ3) is 3.19. The molecule has 2 nitrogen and oxygen atoms in total. The van der Waals surface area contributed by atoms with Crippen molar-refractivity contribution in [3.8, 4) is 0 Å². The molecule has 1 aromatic heterocycles. The standard InChI is InChI=1S/C15H20NOS2/c1-4-12(18-3)10-15-16(7-8-17)13-9-11(2)5-6-14(13)19-15/h5-6,9-10,17H,4,7-8H2,1-3H3/q+1/b12-10-. The molecule has 1 aromatic carbocycles. The Morgan fingerprint density at radius 1 is 1.47 bits per heavy atom. The van der Waals surface area contributed by atoms with Crippen molar-refractivity contribution in [3.63, 3.8) is 0 Å². The SMILES string of the molecule is CC/C(=C/c1sc2ccc(C)cc2[n+]1CCO)SC. The number of thioether (sulfide) groups is 1. The van der Waals surface area contributed by atoms with Crippen LogP contribution in [0.15, 0.2) is 23.1 Å². The lowest BCUT2D eigenvalue weighted by atomic mass is 10.2. The van der Waals surface area contributed by atoms with Gasteiger partial charge in [0, 0.05) is 12.1 Å². The first-order valence-corrected chi connectivity index (χ1v) is 8.52. The Balaban J connectivity index is 2.59. The van der Waals surface area contributed by atoms with Crippen molar-refractivity contribution in [3.05, 3.63) is 33.7 Å². The summed E-state index contributed by atoms with van der Waals surface area (Å²) in [6.07, 6.45) is 5.41. The Bertz CT molecular complexity index is 595. The first-order valence-electron chi connectivity index (χ1n) is 6.48. The molecule has 0 saturated carbocycles. The van der Waals surface area contributed by atoms with E-state index in [0.29, 0.717) is 6.54 Å². The van der Waals surface area contributed by atoms with E-state index in [-0.39, 0.29) is 6.61 Å². The molecule has 0 amide bonds. The molecule has 0 bridgehead atoms. The van der Waals surface area contributed by atoms with E-state index in [9.17, 15) is 5.11 Å². The van der Waals surface area contributed by atoms with Crippen LogP contribution in [0.25, 0.3) is 16.3 Å². The van der Waals surface area contributed by atoms with Crippen LogP contribution in [-0.2, 0) is 6.54 Å². The van der Waals surface area contributed by atoms with Crippen LogP contribution in [0.2, 0.25) is 0 Å². The van der Waals surface area contributed by atoms with Crippen molar-refractivity contribution in [1.82, 2.24) is 0 Å². The molecule has 0 saturated heterocycles. The molecule has 0 aliphatic heterocycles. The molecular formula is C15H20NOS2+. The summed E-state index contributed by atoms with van der Waals surface area (Å²) in [6, 6.07) is 6.51. The predicted molar refractivity (Wildman–Crippen MR) is 85.6 cm³/mol. The van der Waals surface area contributed by atoms with Crippen LogP contribution in [0, 0.1) is 6.92 Å². The molecule has 0 aliphatic carbocycles. The van der Waals surface area contributed by atoms with Crippen molar-refractivity contribution < 1.29 is 9.67 Å². The van der Waals surface area contributed by atoms with Crippen LogP contribution in [0.3, 0.4) is 0 Å². The average molecular weight is 294 g/mol. The zero-order valence-electron chi connectivity index (χ0n) is 11.6. The Morgan fingerprint density at radius 2 is 2.26 bits per heavy atom. The van der Waals surface area contributed by atoms with Crippen molar-refractivity contribution in [2.24, 2.45) is 0 Å². The molecule has 0 atom stereocenters. The number of thiazole rings is 1. The van der Waals surface area contributed by atoms with Crippen LogP contribution in [0.1, 0.15) is 23.9 Å². The largest absolute Gasteiger partial charge is 0.390 e. The minimum absolute atomic E-state index is 0.173. The van der Waals surface area contributed by atoms with Crippen LogP contribution in [-0.4, -0.2) is 18.0 Å². The molecule has 0 spiro atoms. The molecule has 1 N–H and O–H groups in total. The summed E-state index contributed by atoms with van der Waals surface area (Å²) >= 11 is 3.59. The third-order valence-electron chi connectivity index (χ3n) is 3.10. The van der Waals surface area contributed by atoms with E-state index in [0.717, 1.165) is 6.42 Å². The van der Waals surface area contributed by atoms with E-state index in [4.69, 9.17) is 0 Å². The van der Waals surface area contributed by atoms with Gasteiger partial charge in [0.25, 0.3) is 5.01 Å². The number of aromatic nitrogens is 1. The second kappa shape index (κ2) is 6.55. The highest BCUT2D eigenvalue weighted by molar-refractivity contribution is 8.02. The monoisotopic (exact) mass is 294 g/mol. The molecule has 2 aromatic rings. The number of aryl methyl sites for hydroxylation is 1. The highest BCUT2D eigenvalue weighted by Gasteiger charge is 2.18. The van der Waals surface area contributed by atoms with Crippen LogP contribution >= 0.6 is 23.1 Å². The number of nitrogens with zero attached hydrogens (tertiary/aromatic N) is 1. The van der Waals surface area contributed by atoms with E-state index in [1.54, 1.807) is 23.1 Å². The Kier molecular flexibility index (Phi) is 5.02. The van der Waals surface area contributed by atoms with Gasteiger partial charge in [-0.3, -0.25) is 0 Å². The van der Waals surface area contributed by atoms with E-state index in [2.05, 4.69) is 48.9 Å². The maximum atomic E-state index is 9.30. The summed E-state index contributed by atoms with van der Waals surface area (Å²) in [4.78, 5) is 1.37. The minimum Gasteiger partial charge on any atom is -0.390 e. The lowest BCUT2D eigenvalue weighted by Gasteiger charge is -1.98. The summed E-state index contributed by atoms with van der Waals surface area (Å²) in [6.45, 7) is 5.11. The van der Waals surface area contributed by atoms with Crippen molar-refractivity contribution in [2.75, 3.05) is 12.9 Å². The van der Waals surface area contributed by atoms with Gasteiger partial charge in [0.15, 0.2) is 6.54 Å². The van der Waals surface area contributed by atoms with Crippen LogP contribution in [0.4, 0.5) is 0 Å². The minimum atomic E-state index is 0.173. The smallest absolute Gasteiger partial charge is 0.263 e. The van der Waals surface area contributed by atoms with E-state index in [1.165, 1.54) is 25.7 Å². The Morgan fingerprint density at radius 3 is 2.89 bits per heavy atom. The summed E-state index contributed by atoms with van der Waals surface area (Å²) in [5.74, 6) is 0. The van der Waals surface area contributed by atoms with Gasteiger partial charge in [-0.15, -0.1) is 11.8 Å². The zero-order chi connectivity index (χ0) is 13.8. The van der Waals surface area contributed by atoms with E-state index in [1.807, 2.05) is 0 Å². The fourth-order valence-electron chi connectivity index (χ4n) is 2.09. The van der Waals surface area contributed by atoms with Gasteiger partial charge in [0.05, 0.1) is 0 Å². The number of aliphatic hydroxyl groups is 1. The number of aliphatic hydroxyl groups excluding tert-OH is 1. The number of allylic oxidation sites excluding steroid dienone is 1. The summed E-state index contributed by atoms with van der Waals surface area (Å²) in [5, 5.41) is 10.5. The zero-order valence-corrected chi connectivity index (χ0v) is 13.3. The molecule has 0 radical (unpaired) electrons. The highest BCUT2D eigenvalue weighted by atomic mass is 32.2. The summed E-state index contributed by atoms with van der Waals surface area (Å²) in [7, 11) is 0. The number of fused-ring (bicyclic) bond motifs is 1. The maximum absolute atomic E-state index is 9.30. The Labute approximate surface area is 122 Å². The van der Waals surface area contributed by atoms with Gasteiger partial charge >= 0.3 is 0 Å². The van der Waals surface area contributed by atoms with Gasteiger partial charge in [-0.2, -0.15) is 4.57 Å². The Hall–Kier alpha value is -0.840. The molecule has 1 heterocycles. The molecular weight excluding hydrogens is 274 g/mol. The van der Waals surface area contributed by atoms with Gasteiger partial charge in [-0.1, -0.05) is 24.3 Å². The predicted octanol–water partition coefficient (Wildman–Crippen LogP) is 3.60. The number of hydrogen-bond acceptors (Lipinski definition) is 3. The average Bonchev–Trinajstić information content (AvgIpc) is 2.74. The van der Waals surface area contributed by atoms with Crippen LogP contribution in [0.5, 0.6) is 0 Å². The van der Waals surface area contributed by atoms with Crippen molar-refractivity contribution in [2.45, 2.75) is 26.8 Å². The second-order valence-electron chi connectivity index (χ2n) is 4.46. The summed E-state index contributed by atoms with van der Waals surface area (Å²) in [5.41, 5.74) is 2.48.